The first-order chi connectivity index (χ1) is 11.8. The maximum Gasteiger partial charge on any atom is 0.262 e. The SMILES string of the molecule is Cc1cnc(-c2ccc(NS(=O)(=O)c3cc(C)c(Cl)cc3C)cc2)s1. The van der Waals surface area contributed by atoms with Crippen LogP contribution in [0.25, 0.3) is 10.6 Å². The minimum absolute atomic E-state index is 0.231. The molecular weight excluding hydrogens is 376 g/mol. The maximum absolute atomic E-state index is 12.7. The lowest BCUT2D eigenvalue weighted by molar-refractivity contribution is 0.600. The molecular formula is C18H17ClN2O2S2. The molecule has 3 rings (SSSR count). The summed E-state index contributed by atoms with van der Waals surface area (Å²) in [7, 11) is -3.68. The Kier molecular flexibility index (Phi) is 4.86. The number of hydrogen-bond donors (Lipinski definition) is 1. The van der Waals surface area contributed by atoms with E-state index in [2.05, 4.69) is 9.71 Å². The molecule has 0 atom stereocenters. The van der Waals surface area contributed by atoms with Gasteiger partial charge in [0.15, 0.2) is 0 Å². The van der Waals surface area contributed by atoms with Crippen molar-refractivity contribution in [2.24, 2.45) is 0 Å². The number of benzene rings is 2. The number of anilines is 1. The lowest BCUT2D eigenvalue weighted by Crippen LogP contribution is -2.14. The van der Waals surface area contributed by atoms with Gasteiger partial charge in [0.1, 0.15) is 5.01 Å². The molecule has 0 saturated carbocycles. The Morgan fingerprint density at radius 2 is 1.72 bits per heavy atom. The fourth-order valence-electron chi connectivity index (χ4n) is 2.42. The van der Waals surface area contributed by atoms with E-state index in [1.807, 2.05) is 25.3 Å². The zero-order valence-electron chi connectivity index (χ0n) is 14.0. The molecule has 1 N–H and O–H groups in total. The average Bonchev–Trinajstić information content (AvgIpc) is 2.97. The molecule has 0 saturated heterocycles. The second-order valence-corrected chi connectivity index (χ2v) is 9.12. The van der Waals surface area contributed by atoms with Crippen LogP contribution >= 0.6 is 22.9 Å². The summed E-state index contributed by atoms with van der Waals surface area (Å²) >= 11 is 7.65. The predicted molar refractivity (Wildman–Crippen MR) is 104 cm³/mol. The van der Waals surface area contributed by atoms with Crippen LogP contribution in [0.1, 0.15) is 16.0 Å². The molecule has 0 fully saturated rings. The summed E-state index contributed by atoms with van der Waals surface area (Å²) in [6.45, 7) is 5.51. The Hall–Kier alpha value is -1.89. The molecule has 0 bridgehead atoms. The van der Waals surface area contributed by atoms with Crippen LogP contribution in [0.3, 0.4) is 0 Å². The monoisotopic (exact) mass is 392 g/mol. The number of halogens is 1. The van der Waals surface area contributed by atoms with E-state index in [1.165, 1.54) is 0 Å². The van der Waals surface area contributed by atoms with Gasteiger partial charge >= 0.3 is 0 Å². The highest BCUT2D eigenvalue weighted by atomic mass is 35.5. The Labute approximate surface area is 156 Å². The van der Waals surface area contributed by atoms with Crippen LogP contribution in [0.15, 0.2) is 47.5 Å². The third kappa shape index (κ3) is 3.86. The standard InChI is InChI=1S/C18H17ClN2O2S2/c1-11-9-17(12(2)8-16(11)19)25(22,23)21-15-6-4-14(5-7-15)18-20-10-13(3)24-18/h4-10,21H,1-3H3. The molecule has 0 radical (unpaired) electrons. The van der Waals surface area contributed by atoms with E-state index in [4.69, 9.17) is 11.6 Å². The van der Waals surface area contributed by atoms with Gasteiger partial charge in [0.2, 0.25) is 0 Å². The Balaban J connectivity index is 1.87. The van der Waals surface area contributed by atoms with E-state index < -0.39 is 10.0 Å². The van der Waals surface area contributed by atoms with Gasteiger partial charge in [-0.2, -0.15) is 0 Å². The zero-order valence-corrected chi connectivity index (χ0v) is 16.4. The number of nitrogens with one attached hydrogen (secondary N) is 1. The van der Waals surface area contributed by atoms with Gasteiger partial charge in [-0.05, 0) is 68.3 Å². The fraction of sp³-hybridized carbons (Fsp3) is 0.167. The summed E-state index contributed by atoms with van der Waals surface area (Å²) in [5, 5.41) is 1.47. The van der Waals surface area contributed by atoms with Crippen LogP contribution in [0, 0.1) is 20.8 Å². The molecule has 0 aliphatic carbocycles. The third-order valence-electron chi connectivity index (χ3n) is 3.75. The van der Waals surface area contributed by atoms with Crippen molar-refractivity contribution in [3.8, 4) is 10.6 Å². The number of aryl methyl sites for hydroxylation is 3. The number of hydrogen-bond acceptors (Lipinski definition) is 4. The van der Waals surface area contributed by atoms with Gasteiger partial charge in [0.05, 0.1) is 4.90 Å². The lowest BCUT2D eigenvalue weighted by Gasteiger charge is -2.12. The van der Waals surface area contributed by atoms with E-state index >= 15 is 0 Å². The van der Waals surface area contributed by atoms with E-state index in [0.717, 1.165) is 21.0 Å². The van der Waals surface area contributed by atoms with E-state index in [0.29, 0.717) is 16.3 Å². The summed E-state index contributed by atoms with van der Waals surface area (Å²) in [6.07, 6.45) is 1.82. The van der Waals surface area contributed by atoms with Crippen LogP contribution in [-0.4, -0.2) is 13.4 Å². The number of aromatic nitrogens is 1. The molecule has 0 aliphatic heterocycles. The molecule has 0 aliphatic rings. The molecule has 0 unspecified atom stereocenters. The number of thiazole rings is 1. The quantitative estimate of drug-likeness (QED) is 0.664. The highest BCUT2D eigenvalue weighted by Gasteiger charge is 2.18. The minimum atomic E-state index is -3.68. The molecule has 4 nitrogen and oxygen atoms in total. The summed E-state index contributed by atoms with van der Waals surface area (Å²) in [6, 6.07) is 10.4. The first-order valence-corrected chi connectivity index (χ1v) is 10.3. The Morgan fingerprint density at radius 1 is 1.04 bits per heavy atom. The van der Waals surface area contributed by atoms with Crippen molar-refractivity contribution in [3.63, 3.8) is 0 Å². The first kappa shape index (κ1) is 17.9. The predicted octanol–water partition coefficient (Wildman–Crippen LogP) is 5.19. The molecule has 0 amide bonds. The van der Waals surface area contributed by atoms with Crippen molar-refractivity contribution in [1.29, 1.82) is 0 Å². The van der Waals surface area contributed by atoms with Crippen molar-refractivity contribution < 1.29 is 8.42 Å². The zero-order chi connectivity index (χ0) is 18.2. The van der Waals surface area contributed by atoms with Gasteiger partial charge in [-0.25, -0.2) is 13.4 Å². The third-order valence-corrected chi connectivity index (χ3v) is 6.64. The Morgan fingerprint density at radius 3 is 2.32 bits per heavy atom. The fourth-order valence-corrected chi connectivity index (χ4v) is 4.78. The van der Waals surface area contributed by atoms with Crippen molar-refractivity contribution in [2.45, 2.75) is 25.7 Å². The van der Waals surface area contributed by atoms with Gasteiger partial charge in [-0.1, -0.05) is 11.6 Å². The summed E-state index contributed by atoms with van der Waals surface area (Å²) in [5.74, 6) is 0. The van der Waals surface area contributed by atoms with Crippen molar-refractivity contribution in [1.82, 2.24) is 4.98 Å². The lowest BCUT2D eigenvalue weighted by atomic mass is 10.2. The molecule has 130 valence electrons. The topological polar surface area (TPSA) is 59.1 Å². The van der Waals surface area contributed by atoms with Crippen LogP contribution in [-0.2, 0) is 10.0 Å². The van der Waals surface area contributed by atoms with E-state index in [9.17, 15) is 8.42 Å². The normalized spacial score (nSPS) is 11.5. The maximum atomic E-state index is 12.7. The number of nitrogens with zero attached hydrogens (tertiary/aromatic N) is 1. The highest BCUT2D eigenvalue weighted by molar-refractivity contribution is 7.92. The molecule has 3 aromatic rings. The van der Waals surface area contributed by atoms with Crippen molar-refractivity contribution >= 4 is 38.6 Å². The highest BCUT2D eigenvalue weighted by Crippen LogP contribution is 2.28. The number of sulfonamides is 1. The van der Waals surface area contributed by atoms with Gasteiger partial charge < -0.3 is 0 Å². The average molecular weight is 393 g/mol. The molecule has 7 heteroatoms. The second kappa shape index (κ2) is 6.78. The molecule has 1 aromatic heterocycles. The molecule has 0 spiro atoms. The van der Waals surface area contributed by atoms with Gasteiger partial charge in [0.25, 0.3) is 10.0 Å². The van der Waals surface area contributed by atoms with Gasteiger partial charge in [-0.15, -0.1) is 11.3 Å². The molecule has 2 aromatic carbocycles. The summed E-state index contributed by atoms with van der Waals surface area (Å²) in [4.78, 5) is 5.70. The van der Waals surface area contributed by atoms with Crippen LogP contribution in [0.5, 0.6) is 0 Å². The summed E-state index contributed by atoms with van der Waals surface area (Å²) in [5.41, 5.74) is 2.80. The smallest absolute Gasteiger partial charge is 0.262 e. The minimum Gasteiger partial charge on any atom is -0.280 e. The molecule has 25 heavy (non-hydrogen) atoms. The van der Waals surface area contributed by atoms with Crippen molar-refractivity contribution in [2.75, 3.05) is 4.72 Å². The largest absolute Gasteiger partial charge is 0.280 e. The van der Waals surface area contributed by atoms with E-state index in [-0.39, 0.29) is 4.90 Å². The van der Waals surface area contributed by atoms with Crippen LogP contribution in [0.2, 0.25) is 5.02 Å². The van der Waals surface area contributed by atoms with Gasteiger partial charge in [0, 0.05) is 27.3 Å². The Bertz CT molecular complexity index is 1030. The van der Waals surface area contributed by atoms with Crippen LogP contribution < -0.4 is 4.72 Å². The van der Waals surface area contributed by atoms with Crippen molar-refractivity contribution in [3.05, 3.63) is 63.6 Å². The van der Waals surface area contributed by atoms with Crippen LogP contribution in [0.4, 0.5) is 5.69 Å². The van der Waals surface area contributed by atoms with Gasteiger partial charge in [-0.3, -0.25) is 4.72 Å². The van der Waals surface area contributed by atoms with E-state index in [1.54, 1.807) is 49.4 Å². The molecule has 1 heterocycles. The first-order valence-electron chi connectivity index (χ1n) is 7.59. The summed E-state index contributed by atoms with van der Waals surface area (Å²) < 4.78 is 28.0. The second-order valence-electron chi connectivity index (χ2n) is 5.83. The number of rotatable bonds is 4.